The van der Waals surface area contributed by atoms with Crippen LogP contribution in [0.2, 0.25) is 0 Å². The second-order valence-corrected chi connectivity index (χ2v) is 9.03. The van der Waals surface area contributed by atoms with Crippen molar-refractivity contribution in [3.63, 3.8) is 0 Å². The molecule has 0 radical (unpaired) electrons. The first-order valence-corrected chi connectivity index (χ1v) is 12.4. The van der Waals surface area contributed by atoms with Crippen molar-refractivity contribution in [2.45, 2.75) is 46.0 Å². The summed E-state index contributed by atoms with van der Waals surface area (Å²) in [6.07, 6.45) is 12.3. The zero-order chi connectivity index (χ0) is 24.8. The van der Waals surface area contributed by atoms with Gasteiger partial charge in [0, 0.05) is 11.1 Å². The molecule has 0 saturated heterocycles. The van der Waals surface area contributed by atoms with Crippen molar-refractivity contribution in [2.75, 3.05) is 6.61 Å². The van der Waals surface area contributed by atoms with Gasteiger partial charge in [0.25, 0.3) is 0 Å². The fourth-order valence-electron chi connectivity index (χ4n) is 4.65. The summed E-state index contributed by atoms with van der Waals surface area (Å²) in [5, 5.41) is 0. The molecule has 0 aliphatic heterocycles. The number of halogens is 3. The molecule has 1 aliphatic carbocycles. The Bertz CT molecular complexity index is 1220. The van der Waals surface area contributed by atoms with Crippen LogP contribution < -0.4 is 4.74 Å². The topological polar surface area (TPSA) is 9.23 Å². The van der Waals surface area contributed by atoms with Crippen molar-refractivity contribution < 1.29 is 17.9 Å². The Balaban J connectivity index is 1.48. The van der Waals surface area contributed by atoms with E-state index in [0.29, 0.717) is 16.7 Å². The molecule has 35 heavy (non-hydrogen) atoms. The molecule has 1 unspecified atom stereocenters. The van der Waals surface area contributed by atoms with Crippen molar-refractivity contribution in [3.05, 3.63) is 95.3 Å². The SMILES string of the molecule is CCCC1CC=C(/C=C/c2ccc(-c3ccc(-c4ccc(OCC)c(F)c4F)cc3)c(F)c2)CC1. The van der Waals surface area contributed by atoms with Gasteiger partial charge in [0.05, 0.1) is 6.61 Å². The molecule has 3 aromatic carbocycles. The molecule has 4 rings (SSSR count). The van der Waals surface area contributed by atoms with E-state index >= 15 is 0 Å². The number of rotatable bonds is 8. The average Bonchev–Trinajstić information content (AvgIpc) is 2.87. The number of allylic oxidation sites excluding steroid dienone is 3. The molecule has 0 fully saturated rings. The summed E-state index contributed by atoms with van der Waals surface area (Å²) in [5.74, 6) is -1.60. The molecule has 0 amide bonds. The van der Waals surface area contributed by atoms with Crippen LogP contribution in [-0.2, 0) is 0 Å². The van der Waals surface area contributed by atoms with Crippen molar-refractivity contribution in [2.24, 2.45) is 5.92 Å². The summed E-state index contributed by atoms with van der Waals surface area (Å²) in [6, 6.07) is 14.9. The van der Waals surface area contributed by atoms with Gasteiger partial charge >= 0.3 is 0 Å². The summed E-state index contributed by atoms with van der Waals surface area (Å²) in [4.78, 5) is 0. The van der Waals surface area contributed by atoms with Crippen molar-refractivity contribution >= 4 is 6.08 Å². The van der Waals surface area contributed by atoms with Gasteiger partial charge in [-0.05, 0) is 67.0 Å². The standard InChI is InChI=1S/C31H31F3O/c1-3-5-21-6-8-22(9-7-21)10-11-23-12-17-26(28(32)20-23)24-13-15-25(16-14-24)27-18-19-29(35-4-2)31(34)30(27)33/h8,10-21H,3-7,9H2,1-2H3/b11-10+. The largest absolute Gasteiger partial charge is 0.491 e. The highest BCUT2D eigenvalue weighted by Gasteiger charge is 2.16. The van der Waals surface area contributed by atoms with Crippen LogP contribution in [0.4, 0.5) is 13.2 Å². The van der Waals surface area contributed by atoms with Gasteiger partial charge in [-0.25, -0.2) is 8.78 Å². The normalized spacial score (nSPS) is 15.9. The van der Waals surface area contributed by atoms with E-state index in [0.717, 1.165) is 24.3 Å². The average molecular weight is 477 g/mol. The monoisotopic (exact) mass is 476 g/mol. The maximum absolute atomic E-state index is 14.9. The number of hydrogen-bond acceptors (Lipinski definition) is 1. The molecule has 3 aromatic rings. The molecule has 0 N–H and O–H groups in total. The second-order valence-electron chi connectivity index (χ2n) is 9.03. The highest BCUT2D eigenvalue weighted by molar-refractivity contribution is 5.72. The van der Waals surface area contributed by atoms with Gasteiger partial charge in [0.2, 0.25) is 5.82 Å². The molecular formula is C31H31F3O. The van der Waals surface area contributed by atoms with Gasteiger partial charge in [-0.1, -0.05) is 80.0 Å². The quantitative estimate of drug-likeness (QED) is 0.315. The van der Waals surface area contributed by atoms with E-state index in [1.54, 1.807) is 37.3 Å². The zero-order valence-corrected chi connectivity index (χ0v) is 20.3. The molecule has 0 bridgehead atoms. The van der Waals surface area contributed by atoms with Gasteiger partial charge in [-0.15, -0.1) is 0 Å². The van der Waals surface area contributed by atoms with Crippen LogP contribution in [-0.4, -0.2) is 6.61 Å². The second kappa shape index (κ2) is 11.4. The van der Waals surface area contributed by atoms with Crippen molar-refractivity contribution in [3.8, 4) is 28.0 Å². The molecule has 1 aliphatic rings. The molecule has 1 atom stereocenters. The molecule has 0 heterocycles. The lowest BCUT2D eigenvalue weighted by Crippen LogP contribution is -2.04. The molecule has 0 spiro atoms. The van der Waals surface area contributed by atoms with Crippen LogP contribution in [0, 0.1) is 23.4 Å². The first-order valence-electron chi connectivity index (χ1n) is 12.4. The van der Waals surface area contributed by atoms with Crippen molar-refractivity contribution in [1.82, 2.24) is 0 Å². The zero-order valence-electron chi connectivity index (χ0n) is 20.3. The fourth-order valence-corrected chi connectivity index (χ4v) is 4.65. The third-order valence-corrected chi connectivity index (χ3v) is 6.59. The van der Waals surface area contributed by atoms with E-state index in [1.165, 1.54) is 43.0 Å². The van der Waals surface area contributed by atoms with E-state index < -0.39 is 11.6 Å². The van der Waals surface area contributed by atoms with Crippen LogP contribution in [0.5, 0.6) is 5.75 Å². The van der Waals surface area contributed by atoms with Crippen LogP contribution in [0.3, 0.4) is 0 Å². The summed E-state index contributed by atoms with van der Waals surface area (Å²) in [7, 11) is 0. The van der Waals surface area contributed by atoms with Gasteiger partial charge in [0.15, 0.2) is 11.6 Å². The number of hydrogen-bond donors (Lipinski definition) is 0. The van der Waals surface area contributed by atoms with Gasteiger partial charge in [-0.3, -0.25) is 0 Å². The predicted octanol–water partition coefficient (Wildman–Crippen LogP) is 9.38. The molecule has 0 aromatic heterocycles. The lowest BCUT2D eigenvalue weighted by atomic mass is 9.86. The smallest absolute Gasteiger partial charge is 0.201 e. The van der Waals surface area contributed by atoms with Crippen LogP contribution >= 0.6 is 0 Å². The maximum Gasteiger partial charge on any atom is 0.201 e. The summed E-state index contributed by atoms with van der Waals surface area (Å²) in [6.45, 7) is 4.19. The first-order chi connectivity index (χ1) is 17.0. The highest BCUT2D eigenvalue weighted by Crippen LogP contribution is 2.32. The third-order valence-electron chi connectivity index (χ3n) is 6.59. The van der Waals surface area contributed by atoms with Gasteiger partial charge in [-0.2, -0.15) is 4.39 Å². The summed E-state index contributed by atoms with van der Waals surface area (Å²) >= 11 is 0. The summed E-state index contributed by atoms with van der Waals surface area (Å²) in [5.41, 5.74) is 3.91. The molecule has 4 heteroatoms. The Morgan fingerprint density at radius 1 is 0.857 bits per heavy atom. The van der Waals surface area contributed by atoms with Crippen molar-refractivity contribution in [1.29, 1.82) is 0 Å². The Morgan fingerprint density at radius 3 is 2.20 bits per heavy atom. The van der Waals surface area contributed by atoms with Gasteiger partial charge in [0.1, 0.15) is 5.82 Å². The van der Waals surface area contributed by atoms with E-state index in [4.69, 9.17) is 4.74 Å². The van der Waals surface area contributed by atoms with E-state index in [9.17, 15) is 13.2 Å². The minimum Gasteiger partial charge on any atom is -0.491 e. The van der Waals surface area contributed by atoms with Crippen LogP contribution in [0.25, 0.3) is 28.3 Å². The maximum atomic E-state index is 14.9. The Hall–Kier alpha value is -3.27. The van der Waals surface area contributed by atoms with E-state index in [1.807, 2.05) is 12.1 Å². The summed E-state index contributed by atoms with van der Waals surface area (Å²) < 4.78 is 48.8. The Kier molecular flexibility index (Phi) is 8.12. The van der Waals surface area contributed by atoms with Crippen LogP contribution in [0.1, 0.15) is 51.5 Å². The van der Waals surface area contributed by atoms with E-state index in [-0.39, 0.29) is 23.7 Å². The molecule has 1 nitrogen and oxygen atoms in total. The lowest BCUT2D eigenvalue weighted by molar-refractivity contribution is 0.314. The molecular weight excluding hydrogens is 445 g/mol. The van der Waals surface area contributed by atoms with Crippen LogP contribution in [0.15, 0.2) is 72.3 Å². The fraction of sp³-hybridized carbons (Fsp3) is 0.290. The number of benzene rings is 3. The molecule has 182 valence electrons. The molecule has 0 saturated carbocycles. The third kappa shape index (κ3) is 5.87. The number of ether oxygens (including phenoxy) is 1. The minimum absolute atomic E-state index is 0.109. The lowest BCUT2D eigenvalue weighted by Gasteiger charge is -2.19. The minimum atomic E-state index is -1.01. The Morgan fingerprint density at radius 2 is 1.57 bits per heavy atom. The predicted molar refractivity (Wildman–Crippen MR) is 138 cm³/mol. The Labute approximate surface area is 206 Å². The van der Waals surface area contributed by atoms with E-state index in [2.05, 4.69) is 19.1 Å². The van der Waals surface area contributed by atoms with Gasteiger partial charge < -0.3 is 4.74 Å². The first kappa shape index (κ1) is 24.8. The highest BCUT2D eigenvalue weighted by atomic mass is 19.2.